The topological polar surface area (TPSA) is 108 Å². The van der Waals surface area contributed by atoms with Gasteiger partial charge >= 0.3 is 5.97 Å². The van der Waals surface area contributed by atoms with Gasteiger partial charge in [-0.1, -0.05) is 29.4 Å². The molecule has 41 heavy (non-hydrogen) atoms. The predicted octanol–water partition coefficient (Wildman–Crippen LogP) is 6.10. The first kappa shape index (κ1) is 26.9. The van der Waals surface area contributed by atoms with Gasteiger partial charge < -0.3 is 19.5 Å². The van der Waals surface area contributed by atoms with Crippen molar-refractivity contribution in [3.8, 4) is 22.1 Å². The highest BCUT2D eigenvalue weighted by Crippen LogP contribution is 2.49. The van der Waals surface area contributed by atoms with Crippen molar-refractivity contribution >= 4 is 28.1 Å². The molecule has 2 fully saturated rings. The molecular weight excluding hydrogens is 538 g/mol. The molecule has 0 atom stereocenters. The Kier molecular flexibility index (Phi) is 7.40. The number of pyridine rings is 2. The van der Waals surface area contributed by atoms with Gasteiger partial charge in [0.05, 0.1) is 25.3 Å². The zero-order valence-electron chi connectivity index (χ0n) is 23.3. The van der Waals surface area contributed by atoms with E-state index in [9.17, 15) is 4.79 Å². The second-order valence-electron chi connectivity index (χ2n) is 10.3. The first-order valence-electron chi connectivity index (χ1n) is 13.6. The number of hydrogen-bond donors (Lipinski definition) is 1. The number of para-hydroxylation sites is 1. The molecule has 0 radical (unpaired) electrons. The van der Waals surface area contributed by atoms with Gasteiger partial charge in [-0.25, -0.2) is 0 Å². The van der Waals surface area contributed by atoms with Crippen molar-refractivity contribution in [2.75, 3.05) is 19.5 Å². The van der Waals surface area contributed by atoms with Gasteiger partial charge in [0.15, 0.2) is 0 Å². The van der Waals surface area contributed by atoms with E-state index in [0.29, 0.717) is 10.3 Å². The second kappa shape index (κ2) is 11.3. The molecule has 0 spiro atoms. The summed E-state index contributed by atoms with van der Waals surface area (Å²) >= 11 is 1.34. The number of carbonyl (C=O) groups excluding carboxylic acids is 1. The Hall–Kier alpha value is -4.31. The van der Waals surface area contributed by atoms with Crippen LogP contribution >= 0.6 is 11.3 Å². The first-order valence-corrected chi connectivity index (χ1v) is 14.4. The fourth-order valence-corrected chi connectivity index (χ4v) is 5.68. The third kappa shape index (κ3) is 5.39. The van der Waals surface area contributed by atoms with Gasteiger partial charge in [-0.3, -0.25) is 14.8 Å². The van der Waals surface area contributed by atoms with Crippen LogP contribution in [0.1, 0.15) is 54.6 Å². The lowest BCUT2D eigenvalue weighted by Crippen LogP contribution is -2.22. The molecule has 1 aromatic carbocycles. The maximum atomic E-state index is 12.2. The maximum absolute atomic E-state index is 12.2. The Morgan fingerprint density at radius 3 is 2.54 bits per heavy atom. The van der Waals surface area contributed by atoms with Crippen LogP contribution in [0, 0.1) is 6.92 Å². The zero-order chi connectivity index (χ0) is 28.4. The molecule has 3 heterocycles. The van der Waals surface area contributed by atoms with Gasteiger partial charge in [-0.15, -0.1) is 5.10 Å². The third-order valence-corrected chi connectivity index (χ3v) is 8.45. The van der Waals surface area contributed by atoms with E-state index in [2.05, 4.69) is 37.6 Å². The third-order valence-electron chi connectivity index (χ3n) is 7.70. The molecular formula is C31H31N5O4S. The summed E-state index contributed by atoms with van der Waals surface area (Å²) in [5.41, 5.74) is 7.40. The van der Waals surface area contributed by atoms with E-state index in [1.54, 1.807) is 13.3 Å². The number of esters is 1. The largest absolute Gasteiger partial charge is 0.496 e. The van der Waals surface area contributed by atoms with E-state index in [1.807, 2.05) is 43.5 Å². The van der Waals surface area contributed by atoms with Crippen molar-refractivity contribution in [2.24, 2.45) is 0 Å². The smallest absolute Gasteiger partial charge is 0.316 e. The molecule has 3 aromatic heterocycles. The standard InChI is InChI=1S/C31H31N5O4S/c1-19-15-24(23-9-4-5-10-26(23)38-2)25(17-32-19)27(20-7-6-8-20)34-29-35-36-30(41-29)40-18-22-12-11-21(16-33-22)31(13-14-31)28(37)39-3/h4-5,9-12,15-17H,6-8,13-14,18H2,1-3H3,(H,34,35). The van der Waals surface area contributed by atoms with Crippen molar-refractivity contribution in [1.82, 2.24) is 20.2 Å². The maximum Gasteiger partial charge on any atom is 0.316 e. The summed E-state index contributed by atoms with van der Waals surface area (Å²) in [4.78, 5) is 21.3. The summed E-state index contributed by atoms with van der Waals surface area (Å²) in [6.45, 7) is 2.24. The highest BCUT2D eigenvalue weighted by atomic mass is 32.1. The van der Waals surface area contributed by atoms with Crippen LogP contribution in [0.3, 0.4) is 0 Å². The highest BCUT2D eigenvalue weighted by molar-refractivity contribution is 7.17. The van der Waals surface area contributed by atoms with Crippen LogP contribution in [0.4, 0.5) is 5.13 Å². The minimum Gasteiger partial charge on any atom is -0.496 e. The number of allylic oxidation sites excluding steroid dienone is 1. The number of nitrogens with one attached hydrogen (secondary N) is 1. The second-order valence-corrected chi connectivity index (χ2v) is 11.2. The average molecular weight is 570 g/mol. The quantitative estimate of drug-likeness (QED) is 0.227. The van der Waals surface area contributed by atoms with Gasteiger partial charge in [-0.05, 0) is 85.3 Å². The molecule has 2 aliphatic rings. The Morgan fingerprint density at radius 1 is 1.02 bits per heavy atom. The molecule has 9 nitrogen and oxygen atoms in total. The Balaban J connectivity index is 1.19. The number of benzene rings is 1. The van der Waals surface area contributed by atoms with Gasteiger partial charge in [-0.2, -0.15) is 0 Å². The number of ether oxygens (including phenoxy) is 3. The molecule has 2 aliphatic carbocycles. The molecule has 210 valence electrons. The minimum atomic E-state index is -0.536. The van der Waals surface area contributed by atoms with Crippen LogP contribution in [0.5, 0.6) is 10.9 Å². The van der Waals surface area contributed by atoms with Crippen LogP contribution < -0.4 is 14.8 Å². The Labute approximate surface area is 242 Å². The SMILES string of the molecule is COC(=O)C1(c2ccc(COc3nnc(NC(=C4CCC4)c4cnc(C)cc4-c4ccccc4OC)s3)nc2)CC1. The summed E-state index contributed by atoms with van der Waals surface area (Å²) in [6.07, 6.45) is 8.42. The zero-order valence-corrected chi connectivity index (χ0v) is 24.1. The molecule has 0 aliphatic heterocycles. The van der Waals surface area contributed by atoms with E-state index < -0.39 is 5.41 Å². The fourth-order valence-electron chi connectivity index (χ4n) is 5.08. The van der Waals surface area contributed by atoms with Gasteiger partial charge in [0.25, 0.3) is 5.19 Å². The number of anilines is 1. The number of nitrogens with zero attached hydrogens (tertiary/aromatic N) is 4. The van der Waals surface area contributed by atoms with Crippen LogP contribution in [0.15, 0.2) is 60.4 Å². The first-order chi connectivity index (χ1) is 20.0. The molecule has 6 rings (SSSR count). The number of carbonyl (C=O) groups is 1. The van der Waals surface area contributed by atoms with Crippen LogP contribution in [0.2, 0.25) is 0 Å². The number of methoxy groups -OCH3 is 2. The van der Waals surface area contributed by atoms with Crippen molar-refractivity contribution in [3.63, 3.8) is 0 Å². The summed E-state index contributed by atoms with van der Waals surface area (Å²) in [6, 6.07) is 13.9. The molecule has 0 bridgehead atoms. The molecule has 10 heteroatoms. The summed E-state index contributed by atoms with van der Waals surface area (Å²) in [7, 11) is 3.11. The van der Waals surface area contributed by atoms with Gasteiger partial charge in [0.1, 0.15) is 12.4 Å². The number of rotatable bonds is 10. The Bertz CT molecular complexity index is 1610. The normalized spacial score (nSPS) is 15.0. The summed E-state index contributed by atoms with van der Waals surface area (Å²) in [5, 5.41) is 13.2. The molecule has 0 unspecified atom stereocenters. The van der Waals surface area contributed by atoms with E-state index in [-0.39, 0.29) is 12.6 Å². The number of aromatic nitrogens is 4. The van der Waals surface area contributed by atoms with Crippen molar-refractivity contribution < 1.29 is 19.0 Å². The Morgan fingerprint density at radius 2 is 1.85 bits per heavy atom. The highest BCUT2D eigenvalue weighted by Gasteiger charge is 2.52. The summed E-state index contributed by atoms with van der Waals surface area (Å²) < 4.78 is 16.6. The molecule has 0 amide bonds. The van der Waals surface area contributed by atoms with E-state index >= 15 is 0 Å². The van der Waals surface area contributed by atoms with Gasteiger partial charge in [0.2, 0.25) is 5.13 Å². The van der Waals surface area contributed by atoms with Crippen LogP contribution in [0.25, 0.3) is 16.8 Å². The lowest BCUT2D eigenvalue weighted by atomic mass is 9.86. The van der Waals surface area contributed by atoms with Crippen molar-refractivity contribution in [2.45, 2.75) is 51.0 Å². The average Bonchev–Trinajstić information content (AvgIpc) is 3.67. The van der Waals surface area contributed by atoms with Crippen LogP contribution in [-0.4, -0.2) is 40.4 Å². The number of aryl methyl sites for hydroxylation is 1. The lowest BCUT2D eigenvalue weighted by molar-refractivity contribution is -0.143. The van der Waals surface area contributed by atoms with Gasteiger partial charge in [0, 0.05) is 34.9 Å². The number of hydrogen-bond acceptors (Lipinski definition) is 10. The predicted molar refractivity (Wildman–Crippen MR) is 157 cm³/mol. The van der Waals surface area contributed by atoms with Crippen LogP contribution in [-0.2, 0) is 21.6 Å². The molecule has 0 saturated heterocycles. The van der Waals surface area contributed by atoms with E-state index in [0.717, 1.165) is 77.2 Å². The molecule has 1 N–H and O–H groups in total. The van der Waals surface area contributed by atoms with E-state index in [1.165, 1.54) is 24.0 Å². The van der Waals surface area contributed by atoms with Crippen molar-refractivity contribution in [1.29, 1.82) is 0 Å². The molecule has 4 aromatic rings. The monoisotopic (exact) mass is 569 g/mol. The lowest BCUT2D eigenvalue weighted by Gasteiger charge is -2.24. The fraction of sp³-hybridized carbons (Fsp3) is 0.323. The molecule has 2 saturated carbocycles. The minimum absolute atomic E-state index is 0.204. The summed E-state index contributed by atoms with van der Waals surface area (Å²) in [5.74, 6) is 0.605. The van der Waals surface area contributed by atoms with Crippen molar-refractivity contribution in [3.05, 3.63) is 82.9 Å². The van der Waals surface area contributed by atoms with E-state index in [4.69, 9.17) is 14.2 Å².